The fourth-order valence-corrected chi connectivity index (χ4v) is 0.598. The van der Waals surface area contributed by atoms with Crippen LogP contribution in [0.2, 0.25) is 0 Å². The highest BCUT2D eigenvalue weighted by Crippen LogP contribution is 2.15. The standard InChI is InChI=1S/C6H8N2O2/c7-6-5(10)2-1-4(3-9)8-6/h1-2,9-10H,3H2,(H2,7,8). The summed E-state index contributed by atoms with van der Waals surface area (Å²) in [6, 6.07) is 2.90. The Bertz CT molecular complexity index is 237. The second-order valence-electron chi connectivity index (χ2n) is 1.87. The van der Waals surface area contributed by atoms with Gasteiger partial charge in [0, 0.05) is 0 Å². The summed E-state index contributed by atoms with van der Waals surface area (Å²) in [5.41, 5.74) is 5.68. The van der Waals surface area contributed by atoms with Crippen molar-refractivity contribution in [3.63, 3.8) is 0 Å². The Morgan fingerprint density at radius 2 is 2.20 bits per heavy atom. The molecule has 1 rings (SSSR count). The zero-order chi connectivity index (χ0) is 7.56. The molecule has 0 unspecified atom stereocenters. The van der Waals surface area contributed by atoms with Crippen LogP contribution in [0.25, 0.3) is 0 Å². The Kier molecular flexibility index (Phi) is 1.73. The second-order valence-corrected chi connectivity index (χ2v) is 1.87. The molecule has 4 heteroatoms. The first-order chi connectivity index (χ1) is 4.74. The van der Waals surface area contributed by atoms with Gasteiger partial charge in [-0.05, 0) is 12.1 Å². The highest BCUT2D eigenvalue weighted by atomic mass is 16.3. The average molecular weight is 140 g/mol. The summed E-state index contributed by atoms with van der Waals surface area (Å²) in [6.07, 6.45) is 0. The van der Waals surface area contributed by atoms with Crippen molar-refractivity contribution < 1.29 is 10.2 Å². The predicted octanol–water partition coefficient (Wildman–Crippen LogP) is -0.138. The lowest BCUT2D eigenvalue weighted by molar-refractivity contribution is 0.277. The van der Waals surface area contributed by atoms with Crippen LogP contribution in [-0.2, 0) is 6.61 Å². The van der Waals surface area contributed by atoms with Gasteiger partial charge in [-0.25, -0.2) is 4.98 Å². The number of aliphatic hydroxyl groups excluding tert-OH is 1. The van der Waals surface area contributed by atoms with Gasteiger partial charge in [0.2, 0.25) is 0 Å². The van der Waals surface area contributed by atoms with Crippen LogP contribution < -0.4 is 5.73 Å². The maximum Gasteiger partial charge on any atom is 0.166 e. The van der Waals surface area contributed by atoms with E-state index in [1.54, 1.807) is 0 Å². The molecule has 1 aromatic rings. The van der Waals surface area contributed by atoms with E-state index in [2.05, 4.69) is 4.98 Å². The summed E-state index contributed by atoms with van der Waals surface area (Å²) in [5, 5.41) is 17.4. The normalized spacial score (nSPS) is 9.70. The van der Waals surface area contributed by atoms with Gasteiger partial charge >= 0.3 is 0 Å². The van der Waals surface area contributed by atoms with Gasteiger partial charge in [0.15, 0.2) is 11.6 Å². The van der Waals surface area contributed by atoms with E-state index in [0.29, 0.717) is 5.69 Å². The predicted molar refractivity (Wildman–Crippen MR) is 36.2 cm³/mol. The molecule has 0 saturated heterocycles. The van der Waals surface area contributed by atoms with Crippen molar-refractivity contribution >= 4 is 5.82 Å². The van der Waals surface area contributed by atoms with E-state index in [0.717, 1.165) is 0 Å². The third-order valence-electron chi connectivity index (χ3n) is 1.12. The van der Waals surface area contributed by atoms with Crippen LogP contribution in [0.3, 0.4) is 0 Å². The van der Waals surface area contributed by atoms with E-state index < -0.39 is 0 Å². The molecule has 1 heterocycles. The summed E-state index contributed by atoms with van der Waals surface area (Å²) in [6.45, 7) is -0.162. The molecule has 0 fully saturated rings. The largest absolute Gasteiger partial charge is 0.504 e. The lowest BCUT2D eigenvalue weighted by atomic mass is 10.3. The smallest absolute Gasteiger partial charge is 0.166 e. The van der Waals surface area contributed by atoms with Gasteiger partial charge in [-0.1, -0.05) is 0 Å². The van der Waals surface area contributed by atoms with Crippen LogP contribution in [-0.4, -0.2) is 15.2 Å². The van der Waals surface area contributed by atoms with Crippen LogP contribution in [0.1, 0.15) is 5.69 Å². The molecule has 4 nitrogen and oxygen atoms in total. The highest BCUT2D eigenvalue weighted by Gasteiger charge is 1.97. The first-order valence-corrected chi connectivity index (χ1v) is 2.79. The number of pyridine rings is 1. The molecule has 4 N–H and O–H groups in total. The van der Waals surface area contributed by atoms with Gasteiger partial charge in [-0.3, -0.25) is 0 Å². The van der Waals surface area contributed by atoms with E-state index in [1.807, 2.05) is 0 Å². The lowest BCUT2D eigenvalue weighted by Crippen LogP contribution is -1.95. The zero-order valence-electron chi connectivity index (χ0n) is 5.28. The maximum absolute atomic E-state index is 8.87. The van der Waals surface area contributed by atoms with Crippen molar-refractivity contribution in [2.45, 2.75) is 6.61 Å². The lowest BCUT2D eigenvalue weighted by Gasteiger charge is -1.98. The van der Waals surface area contributed by atoms with Crippen molar-refractivity contribution in [1.29, 1.82) is 0 Å². The van der Waals surface area contributed by atoms with Gasteiger partial charge in [0.1, 0.15) is 0 Å². The first kappa shape index (κ1) is 6.82. The number of hydrogen-bond donors (Lipinski definition) is 3. The Labute approximate surface area is 57.9 Å². The Hall–Kier alpha value is -1.29. The van der Waals surface area contributed by atoms with Crippen LogP contribution in [0, 0.1) is 0 Å². The van der Waals surface area contributed by atoms with Crippen molar-refractivity contribution in [1.82, 2.24) is 4.98 Å². The van der Waals surface area contributed by atoms with Crippen LogP contribution in [0.5, 0.6) is 5.75 Å². The van der Waals surface area contributed by atoms with Crippen molar-refractivity contribution in [3.05, 3.63) is 17.8 Å². The minimum Gasteiger partial charge on any atom is -0.504 e. The van der Waals surface area contributed by atoms with Gasteiger partial charge in [-0.15, -0.1) is 0 Å². The Morgan fingerprint density at radius 3 is 2.70 bits per heavy atom. The summed E-state index contributed by atoms with van der Waals surface area (Å²) >= 11 is 0. The number of aromatic hydroxyl groups is 1. The van der Waals surface area contributed by atoms with E-state index in [1.165, 1.54) is 12.1 Å². The number of anilines is 1. The SMILES string of the molecule is Nc1nc(CO)ccc1O. The number of nitrogens with two attached hydrogens (primary N) is 1. The molecular weight excluding hydrogens is 132 g/mol. The minimum atomic E-state index is -0.162. The second kappa shape index (κ2) is 2.53. The van der Waals surface area contributed by atoms with Gasteiger partial charge < -0.3 is 15.9 Å². The number of nitrogens with zero attached hydrogens (tertiary/aromatic N) is 1. The van der Waals surface area contributed by atoms with Gasteiger partial charge in [0.05, 0.1) is 12.3 Å². The molecule has 0 atom stereocenters. The molecule has 0 saturated carbocycles. The third-order valence-corrected chi connectivity index (χ3v) is 1.12. The van der Waals surface area contributed by atoms with Gasteiger partial charge in [0.25, 0.3) is 0 Å². The summed E-state index contributed by atoms with van der Waals surface area (Å²) in [7, 11) is 0. The monoisotopic (exact) mass is 140 g/mol. The number of aromatic nitrogens is 1. The molecule has 1 aromatic heterocycles. The average Bonchev–Trinajstić information content (AvgIpc) is 1.95. The molecular formula is C6H8N2O2. The fourth-order valence-electron chi connectivity index (χ4n) is 0.598. The third kappa shape index (κ3) is 1.16. The number of aliphatic hydroxyl groups is 1. The van der Waals surface area contributed by atoms with Gasteiger partial charge in [-0.2, -0.15) is 0 Å². The van der Waals surface area contributed by atoms with Crippen LogP contribution in [0.4, 0.5) is 5.82 Å². The van der Waals surface area contributed by atoms with Crippen LogP contribution >= 0.6 is 0 Å². The Morgan fingerprint density at radius 1 is 1.50 bits per heavy atom. The van der Waals surface area contributed by atoms with E-state index in [9.17, 15) is 0 Å². The maximum atomic E-state index is 8.87. The van der Waals surface area contributed by atoms with E-state index >= 15 is 0 Å². The summed E-state index contributed by atoms with van der Waals surface area (Å²) in [5.74, 6) is -0.0104. The molecule has 0 amide bonds. The molecule has 10 heavy (non-hydrogen) atoms. The first-order valence-electron chi connectivity index (χ1n) is 2.79. The van der Waals surface area contributed by atoms with Crippen molar-refractivity contribution in [2.75, 3.05) is 5.73 Å². The molecule has 0 aliphatic rings. The highest BCUT2D eigenvalue weighted by molar-refractivity contribution is 5.44. The summed E-state index contributed by atoms with van der Waals surface area (Å²) in [4.78, 5) is 3.67. The molecule has 0 spiro atoms. The summed E-state index contributed by atoms with van der Waals surface area (Å²) < 4.78 is 0. The molecule has 0 aliphatic heterocycles. The number of rotatable bonds is 1. The van der Waals surface area contributed by atoms with Crippen LogP contribution in [0.15, 0.2) is 12.1 Å². The van der Waals surface area contributed by atoms with Crippen molar-refractivity contribution in [3.8, 4) is 5.75 Å². The van der Waals surface area contributed by atoms with E-state index in [4.69, 9.17) is 15.9 Å². The molecule has 54 valence electrons. The molecule has 0 bridgehead atoms. The molecule has 0 aromatic carbocycles. The quantitative estimate of drug-likeness (QED) is 0.507. The molecule has 0 aliphatic carbocycles. The number of hydrogen-bond acceptors (Lipinski definition) is 4. The van der Waals surface area contributed by atoms with E-state index in [-0.39, 0.29) is 18.2 Å². The van der Waals surface area contributed by atoms with Crippen molar-refractivity contribution in [2.24, 2.45) is 0 Å². The topological polar surface area (TPSA) is 79.4 Å². The fraction of sp³-hybridized carbons (Fsp3) is 0.167. The Balaban J connectivity index is 3.04. The minimum absolute atomic E-state index is 0.0477. The molecule has 0 radical (unpaired) electrons. The zero-order valence-corrected chi connectivity index (χ0v) is 5.28. The number of nitrogen functional groups attached to an aromatic ring is 1.